The maximum absolute atomic E-state index is 9.79. The van der Waals surface area contributed by atoms with Crippen molar-refractivity contribution < 1.29 is 9.84 Å². The van der Waals surface area contributed by atoms with Gasteiger partial charge in [-0.05, 0) is 18.2 Å². The molecule has 0 atom stereocenters. The third kappa shape index (κ3) is 2.33. The lowest BCUT2D eigenvalue weighted by atomic mass is 10.2. The standard InChI is InChI=1S/C13H13N5O2/c1-20-9-2-3-11(19)8(4-9)5-14-13-15-6-10-12(18-13)17-7-16-10/h2-4,6-7,19H,5H2,1H3,(H2,14,15,16,17,18). The molecule has 0 fully saturated rings. The van der Waals surface area contributed by atoms with Crippen molar-refractivity contribution in [1.29, 1.82) is 0 Å². The average Bonchev–Trinajstić information content (AvgIpc) is 2.94. The number of hydrogen-bond donors (Lipinski definition) is 3. The van der Waals surface area contributed by atoms with Gasteiger partial charge in [0.1, 0.15) is 17.0 Å². The normalized spacial score (nSPS) is 10.7. The van der Waals surface area contributed by atoms with E-state index in [4.69, 9.17) is 4.74 Å². The minimum atomic E-state index is 0.194. The van der Waals surface area contributed by atoms with Gasteiger partial charge in [-0.3, -0.25) is 0 Å². The van der Waals surface area contributed by atoms with Gasteiger partial charge in [0.05, 0.1) is 19.6 Å². The fourth-order valence-corrected chi connectivity index (χ4v) is 1.83. The van der Waals surface area contributed by atoms with E-state index >= 15 is 0 Å². The first-order chi connectivity index (χ1) is 9.76. The molecule has 2 heterocycles. The highest BCUT2D eigenvalue weighted by molar-refractivity contribution is 5.69. The molecule has 1 aromatic carbocycles. The van der Waals surface area contributed by atoms with Gasteiger partial charge in [-0.2, -0.15) is 4.98 Å². The minimum Gasteiger partial charge on any atom is -0.508 e. The Morgan fingerprint density at radius 1 is 1.35 bits per heavy atom. The number of benzene rings is 1. The van der Waals surface area contributed by atoms with Crippen molar-refractivity contribution in [2.75, 3.05) is 12.4 Å². The predicted octanol–water partition coefficient (Wildman–Crippen LogP) is 1.68. The van der Waals surface area contributed by atoms with Crippen molar-refractivity contribution in [3.63, 3.8) is 0 Å². The maximum atomic E-state index is 9.79. The number of imidazole rings is 1. The first-order valence-corrected chi connectivity index (χ1v) is 6.02. The van der Waals surface area contributed by atoms with Crippen LogP contribution in [0.1, 0.15) is 5.56 Å². The zero-order chi connectivity index (χ0) is 13.9. The van der Waals surface area contributed by atoms with E-state index in [9.17, 15) is 5.11 Å². The Kier molecular flexibility index (Phi) is 3.08. The van der Waals surface area contributed by atoms with Crippen LogP contribution in [0.15, 0.2) is 30.7 Å². The average molecular weight is 271 g/mol. The van der Waals surface area contributed by atoms with E-state index in [2.05, 4.69) is 25.3 Å². The summed E-state index contributed by atoms with van der Waals surface area (Å²) in [5, 5.41) is 12.8. The summed E-state index contributed by atoms with van der Waals surface area (Å²) in [4.78, 5) is 15.4. The lowest BCUT2D eigenvalue weighted by Crippen LogP contribution is -2.04. The zero-order valence-electron chi connectivity index (χ0n) is 10.8. The molecule has 0 saturated carbocycles. The third-order valence-electron chi connectivity index (χ3n) is 2.90. The second-order valence-electron chi connectivity index (χ2n) is 4.18. The van der Waals surface area contributed by atoms with Gasteiger partial charge in [-0.25, -0.2) is 9.97 Å². The molecule has 0 aliphatic carbocycles. The number of nitrogens with zero attached hydrogens (tertiary/aromatic N) is 3. The molecule has 3 rings (SSSR count). The number of fused-ring (bicyclic) bond motifs is 1. The van der Waals surface area contributed by atoms with E-state index in [0.29, 0.717) is 29.5 Å². The summed E-state index contributed by atoms with van der Waals surface area (Å²) in [7, 11) is 1.58. The van der Waals surface area contributed by atoms with Gasteiger partial charge in [-0.15, -0.1) is 0 Å². The molecule has 0 aliphatic heterocycles. The first kappa shape index (κ1) is 12.2. The summed E-state index contributed by atoms with van der Waals surface area (Å²) in [6.07, 6.45) is 3.22. The fraction of sp³-hybridized carbons (Fsp3) is 0.154. The summed E-state index contributed by atoms with van der Waals surface area (Å²) in [5.41, 5.74) is 2.08. The second-order valence-corrected chi connectivity index (χ2v) is 4.18. The quantitative estimate of drug-likeness (QED) is 0.668. The molecule has 7 heteroatoms. The van der Waals surface area contributed by atoms with Crippen molar-refractivity contribution in [2.45, 2.75) is 6.54 Å². The Morgan fingerprint density at radius 3 is 3.10 bits per heavy atom. The van der Waals surface area contributed by atoms with Gasteiger partial charge in [0.2, 0.25) is 5.95 Å². The number of hydrogen-bond acceptors (Lipinski definition) is 6. The van der Waals surface area contributed by atoms with Crippen LogP contribution >= 0.6 is 0 Å². The molecule has 3 aromatic rings. The summed E-state index contributed by atoms with van der Waals surface area (Å²) >= 11 is 0. The van der Waals surface area contributed by atoms with Crippen LogP contribution in [-0.2, 0) is 6.54 Å². The van der Waals surface area contributed by atoms with Gasteiger partial charge in [0, 0.05) is 12.1 Å². The summed E-state index contributed by atoms with van der Waals surface area (Å²) in [5.74, 6) is 1.33. The molecular weight excluding hydrogens is 258 g/mol. The van der Waals surface area contributed by atoms with Gasteiger partial charge < -0.3 is 20.1 Å². The lowest BCUT2D eigenvalue weighted by molar-refractivity contribution is 0.411. The molecule has 7 nitrogen and oxygen atoms in total. The molecule has 0 unspecified atom stereocenters. The van der Waals surface area contributed by atoms with Crippen LogP contribution in [-0.4, -0.2) is 32.2 Å². The zero-order valence-corrected chi connectivity index (χ0v) is 10.8. The third-order valence-corrected chi connectivity index (χ3v) is 2.90. The maximum Gasteiger partial charge on any atom is 0.225 e. The molecule has 2 aromatic heterocycles. The Hall–Kier alpha value is -2.83. The van der Waals surface area contributed by atoms with Crippen LogP contribution in [0.4, 0.5) is 5.95 Å². The fourth-order valence-electron chi connectivity index (χ4n) is 1.83. The number of nitrogens with one attached hydrogen (secondary N) is 2. The number of anilines is 1. The molecule has 102 valence electrons. The number of aromatic nitrogens is 4. The number of H-pyrrole nitrogens is 1. The van der Waals surface area contributed by atoms with Crippen molar-refractivity contribution in [3.05, 3.63) is 36.3 Å². The summed E-state index contributed by atoms with van der Waals surface area (Å²) in [6.45, 7) is 0.388. The largest absolute Gasteiger partial charge is 0.508 e. The smallest absolute Gasteiger partial charge is 0.225 e. The number of phenolic OH excluding ortho intramolecular Hbond substituents is 1. The topological polar surface area (TPSA) is 96.0 Å². The van der Waals surface area contributed by atoms with Crippen LogP contribution in [0.25, 0.3) is 11.2 Å². The SMILES string of the molecule is COc1ccc(O)c(CNc2ncc3[nH]cnc3n2)c1. The van der Waals surface area contributed by atoms with Gasteiger partial charge in [-0.1, -0.05) is 0 Å². The monoisotopic (exact) mass is 271 g/mol. The number of aromatic amines is 1. The van der Waals surface area contributed by atoms with Crippen LogP contribution in [0.5, 0.6) is 11.5 Å². The highest BCUT2D eigenvalue weighted by Crippen LogP contribution is 2.23. The second kappa shape index (κ2) is 5.04. The van der Waals surface area contributed by atoms with Crippen LogP contribution in [0, 0.1) is 0 Å². The van der Waals surface area contributed by atoms with Gasteiger partial charge >= 0.3 is 0 Å². The number of methoxy groups -OCH3 is 1. The molecule has 20 heavy (non-hydrogen) atoms. The molecule has 0 amide bonds. The number of ether oxygens (including phenoxy) is 1. The van der Waals surface area contributed by atoms with Gasteiger partial charge in [0.25, 0.3) is 0 Å². The summed E-state index contributed by atoms with van der Waals surface area (Å²) in [6, 6.07) is 5.05. The van der Waals surface area contributed by atoms with Crippen LogP contribution < -0.4 is 10.1 Å². The number of phenols is 1. The van der Waals surface area contributed by atoms with Crippen molar-refractivity contribution in [3.8, 4) is 11.5 Å². The predicted molar refractivity (Wildman–Crippen MR) is 73.7 cm³/mol. The molecule has 0 aliphatic rings. The molecule has 0 radical (unpaired) electrons. The number of rotatable bonds is 4. The van der Waals surface area contributed by atoms with E-state index in [1.54, 1.807) is 37.8 Å². The molecule has 0 bridgehead atoms. The highest BCUT2D eigenvalue weighted by atomic mass is 16.5. The molecule has 0 spiro atoms. The Morgan fingerprint density at radius 2 is 2.25 bits per heavy atom. The summed E-state index contributed by atoms with van der Waals surface area (Å²) < 4.78 is 5.12. The Labute approximate surface area is 114 Å². The van der Waals surface area contributed by atoms with E-state index in [0.717, 1.165) is 5.52 Å². The van der Waals surface area contributed by atoms with E-state index in [1.165, 1.54) is 0 Å². The highest BCUT2D eigenvalue weighted by Gasteiger charge is 2.05. The Bertz CT molecular complexity index is 740. The molecular formula is C13H13N5O2. The first-order valence-electron chi connectivity index (χ1n) is 6.02. The van der Waals surface area contributed by atoms with E-state index < -0.39 is 0 Å². The number of aromatic hydroxyl groups is 1. The van der Waals surface area contributed by atoms with Crippen LogP contribution in [0.3, 0.4) is 0 Å². The van der Waals surface area contributed by atoms with Crippen molar-refractivity contribution >= 4 is 17.1 Å². The molecule has 3 N–H and O–H groups in total. The molecule has 0 saturated heterocycles. The minimum absolute atomic E-state index is 0.194. The lowest BCUT2D eigenvalue weighted by Gasteiger charge is -2.08. The van der Waals surface area contributed by atoms with E-state index in [1.807, 2.05) is 0 Å². The Balaban J connectivity index is 1.78. The van der Waals surface area contributed by atoms with Crippen molar-refractivity contribution in [2.24, 2.45) is 0 Å². The van der Waals surface area contributed by atoms with Gasteiger partial charge in [0.15, 0.2) is 5.65 Å². The van der Waals surface area contributed by atoms with E-state index in [-0.39, 0.29) is 5.75 Å². The van der Waals surface area contributed by atoms with Crippen LogP contribution in [0.2, 0.25) is 0 Å². The van der Waals surface area contributed by atoms with Crippen molar-refractivity contribution in [1.82, 2.24) is 19.9 Å².